The Bertz CT molecular complexity index is 659. The van der Waals surface area contributed by atoms with Crippen LogP contribution in [0.15, 0.2) is 66.8 Å². The lowest BCUT2D eigenvalue weighted by atomic mass is 9.95. The monoisotopic (exact) mass is 320 g/mol. The highest BCUT2D eigenvalue weighted by Crippen LogP contribution is 2.30. The second-order valence-corrected chi connectivity index (χ2v) is 5.67. The molecule has 0 spiro atoms. The van der Waals surface area contributed by atoms with Crippen LogP contribution >= 0.6 is 0 Å². The lowest BCUT2D eigenvalue weighted by Gasteiger charge is -2.39. The average Bonchev–Trinajstić information content (AvgIpc) is 2.65. The Morgan fingerprint density at radius 2 is 1.92 bits per heavy atom. The average molecular weight is 320 g/mol. The van der Waals surface area contributed by atoms with Crippen molar-refractivity contribution in [3.63, 3.8) is 0 Å². The van der Waals surface area contributed by atoms with Crippen molar-refractivity contribution in [2.45, 2.75) is 13.0 Å². The second-order valence-electron chi connectivity index (χ2n) is 5.67. The minimum Gasteiger partial charge on any atom is -0.329 e. The molecule has 0 N–H and O–H groups in total. The molecule has 1 unspecified atom stereocenters. The number of carbonyl (C=O) groups excluding carboxylic acids is 1. The summed E-state index contributed by atoms with van der Waals surface area (Å²) in [5.74, 6) is 1.99. The topological polar surface area (TPSA) is 23.6 Å². The van der Waals surface area contributed by atoms with E-state index in [1.54, 1.807) is 11.0 Å². The fourth-order valence-electron chi connectivity index (χ4n) is 3.05. The van der Waals surface area contributed by atoms with Gasteiger partial charge in [-0.05, 0) is 24.0 Å². The molecule has 1 heterocycles. The molecule has 1 aliphatic heterocycles. The second kappa shape index (κ2) is 8.90. The van der Waals surface area contributed by atoms with E-state index in [1.165, 1.54) is 11.1 Å². The van der Waals surface area contributed by atoms with Gasteiger partial charge in [-0.3, -0.25) is 9.69 Å². The Balaban J connectivity index is 2.25. The summed E-state index contributed by atoms with van der Waals surface area (Å²) in [5, 5.41) is 0. The van der Waals surface area contributed by atoms with Gasteiger partial charge in [0.1, 0.15) is 0 Å². The van der Waals surface area contributed by atoms with Crippen LogP contribution in [0.5, 0.6) is 0 Å². The van der Waals surface area contributed by atoms with Crippen molar-refractivity contribution in [1.29, 1.82) is 0 Å². The maximum Gasteiger partial charge on any atom is 0.298 e. The first-order valence-corrected chi connectivity index (χ1v) is 8.21. The molecule has 1 aromatic rings. The third kappa shape index (κ3) is 4.24. The van der Waals surface area contributed by atoms with Crippen molar-refractivity contribution >= 4 is 5.91 Å². The standard InChI is InChI=1S/C21H24N2O/c1-4-7-11-18(5-2)21(19-12-9-8-10-13-19)23-16-14-22(15-17-23)20(24)6-3/h3-5,7-13,21H,1,14-17H2,2H3. The summed E-state index contributed by atoms with van der Waals surface area (Å²) < 4.78 is 0. The molecule has 0 radical (unpaired) electrons. The maximum atomic E-state index is 11.7. The van der Waals surface area contributed by atoms with Gasteiger partial charge in [-0.25, -0.2) is 0 Å². The Morgan fingerprint density at radius 3 is 2.46 bits per heavy atom. The number of allylic oxidation sites excluding steroid dienone is 3. The number of terminal acetylenes is 1. The molecule has 3 heteroatoms. The minimum absolute atomic E-state index is 0.162. The molecular weight excluding hydrogens is 296 g/mol. The zero-order valence-electron chi connectivity index (χ0n) is 14.2. The van der Waals surface area contributed by atoms with Crippen molar-refractivity contribution in [2.24, 2.45) is 0 Å². The first-order valence-electron chi connectivity index (χ1n) is 8.21. The minimum atomic E-state index is -0.219. The van der Waals surface area contributed by atoms with Crippen molar-refractivity contribution in [1.82, 2.24) is 9.80 Å². The molecule has 124 valence electrons. The summed E-state index contributed by atoms with van der Waals surface area (Å²) in [6, 6.07) is 10.6. The smallest absolute Gasteiger partial charge is 0.298 e. The molecule has 0 aliphatic carbocycles. The fraction of sp³-hybridized carbons (Fsp3) is 0.286. The van der Waals surface area contributed by atoms with Gasteiger partial charge in [0.15, 0.2) is 0 Å². The van der Waals surface area contributed by atoms with Crippen molar-refractivity contribution in [2.75, 3.05) is 26.2 Å². The van der Waals surface area contributed by atoms with Gasteiger partial charge in [0.25, 0.3) is 5.91 Å². The number of piperazine rings is 1. The normalized spacial score (nSPS) is 17.5. The molecule has 1 amide bonds. The van der Waals surface area contributed by atoms with Crippen LogP contribution in [-0.2, 0) is 4.79 Å². The number of rotatable bonds is 5. The summed E-state index contributed by atoms with van der Waals surface area (Å²) in [5.41, 5.74) is 2.47. The molecule has 0 bridgehead atoms. The number of amides is 1. The first-order chi connectivity index (χ1) is 11.7. The van der Waals surface area contributed by atoms with E-state index in [9.17, 15) is 4.79 Å². The molecule has 3 nitrogen and oxygen atoms in total. The van der Waals surface area contributed by atoms with E-state index >= 15 is 0 Å². The first kappa shape index (κ1) is 17.8. The lowest BCUT2D eigenvalue weighted by Crippen LogP contribution is -2.49. The molecule has 1 aliphatic rings. The van der Waals surface area contributed by atoms with Crippen LogP contribution in [0.25, 0.3) is 0 Å². The van der Waals surface area contributed by atoms with Gasteiger partial charge in [0, 0.05) is 26.2 Å². The number of hydrogen-bond donors (Lipinski definition) is 0. The molecule has 1 atom stereocenters. The maximum absolute atomic E-state index is 11.7. The van der Waals surface area contributed by atoms with E-state index < -0.39 is 0 Å². The SMILES string of the molecule is C#CC(=O)N1CCN(C(C(C=CC=C)=CC)c2ccccc2)CC1. The predicted octanol–water partition coefficient (Wildman–Crippen LogP) is 3.19. The zero-order valence-corrected chi connectivity index (χ0v) is 14.2. The fourth-order valence-corrected chi connectivity index (χ4v) is 3.05. The van der Waals surface area contributed by atoms with Crippen LogP contribution in [0.4, 0.5) is 0 Å². The van der Waals surface area contributed by atoms with Crippen molar-refractivity contribution in [3.8, 4) is 12.3 Å². The van der Waals surface area contributed by atoms with Crippen LogP contribution < -0.4 is 0 Å². The highest BCUT2D eigenvalue weighted by atomic mass is 16.2. The third-order valence-corrected chi connectivity index (χ3v) is 4.28. The van der Waals surface area contributed by atoms with E-state index in [-0.39, 0.29) is 11.9 Å². The van der Waals surface area contributed by atoms with Gasteiger partial charge in [0.2, 0.25) is 0 Å². The highest BCUT2D eigenvalue weighted by molar-refractivity contribution is 5.92. The zero-order chi connectivity index (χ0) is 17.4. The van der Waals surface area contributed by atoms with E-state index in [2.05, 4.69) is 60.7 Å². The molecule has 1 saturated heterocycles. The molecule has 0 aromatic heterocycles. The van der Waals surface area contributed by atoms with Crippen LogP contribution in [-0.4, -0.2) is 41.9 Å². The Kier molecular flexibility index (Phi) is 6.60. The highest BCUT2D eigenvalue weighted by Gasteiger charge is 2.27. The Labute approximate surface area is 145 Å². The molecular formula is C21H24N2O. The molecule has 24 heavy (non-hydrogen) atoms. The quantitative estimate of drug-likeness (QED) is 0.614. The van der Waals surface area contributed by atoms with Crippen molar-refractivity contribution in [3.05, 3.63) is 72.4 Å². The van der Waals surface area contributed by atoms with Gasteiger partial charge in [-0.15, -0.1) is 6.42 Å². The number of carbonyl (C=O) groups is 1. The van der Waals surface area contributed by atoms with Gasteiger partial charge in [-0.1, -0.05) is 61.2 Å². The van der Waals surface area contributed by atoms with Gasteiger partial charge >= 0.3 is 0 Å². The van der Waals surface area contributed by atoms with E-state index in [0.717, 1.165) is 13.1 Å². The van der Waals surface area contributed by atoms with E-state index in [4.69, 9.17) is 6.42 Å². The largest absolute Gasteiger partial charge is 0.329 e. The summed E-state index contributed by atoms with van der Waals surface area (Å²) in [6.07, 6.45) is 13.2. The van der Waals surface area contributed by atoms with Gasteiger partial charge in [0.05, 0.1) is 6.04 Å². The summed E-state index contributed by atoms with van der Waals surface area (Å²) in [6.45, 7) is 8.73. The third-order valence-electron chi connectivity index (χ3n) is 4.28. The van der Waals surface area contributed by atoms with Crippen LogP contribution in [0.3, 0.4) is 0 Å². The predicted molar refractivity (Wildman–Crippen MR) is 99.3 cm³/mol. The lowest BCUT2D eigenvalue weighted by molar-refractivity contribution is -0.127. The van der Waals surface area contributed by atoms with Crippen LogP contribution in [0, 0.1) is 12.3 Å². The number of nitrogens with zero attached hydrogens (tertiary/aromatic N) is 2. The Morgan fingerprint density at radius 1 is 1.25 bits per heavy atom. The van der Waals surface area contributed by atoms with E-state index in [0.29, 0.717) is 13.1 Å². The van der Waals surface area contributed by atoms with Crippen LogP contribution in [0.2, 0.25) is 0 Å². The van der Waals surface area contributed by atoms with E-state index in [1.807, 2.05) is 12.1 Å². The molecule has 1 fully saturated rings. The Hall–Kier alpha value is -2.57. The molecule has 0 saturated carbocycles. The van der Waals surface area contributed by atoms with Crippen LogP contribution in [0.1, 0.15) is 18.5 Å². The summed E-state index contributed by atoms with van der Waals surface area (Å²) in [7, 11) is 0. The molecule has 2 rings (SSSR count). The number of hydrogen-bond acceptors (Lipinski definition) is 2. The number of benzene rings is 1. The molecule has 1 aromatic carbocycles. The summed E-state index contributed by atoms with van der Waals surface area (Å²) in [4.78, 5) is 15.8. The van der Waals surface area contributed by atoms with Gasteiger partial charge < -0.3 is 4.90 Å². The summed E-state index contributed by atoms with van der Waals surface area (Å²) >= 11 is 0. The van der Waals surface area contributed by atoms with Gasteiger partial charge in [-0.2, -0.15) is 0 Å². The van der Waals surface area contributed by atoms with Crippen molar-refractivity contribution < 1.29 is 4.79 Å².